The molecule has 260 valence electrons. The number of hydrogen-bond acceptors (Lipinski definition) is 2. The molecule has 0 aliphatic carbocycles. The number of rotatable bonds is 7. The standard InChI is InChI=1S/C53H37NO/c1-36-35-45(33-34-46(36)40-21-23-41(24-22-40)48-17-9-14-39-13-5-6-15-47(39)48)54(43-29-25-38(26-30-43)37-11-3-2-4-12-37)44-31-27-42(28-32-44)49-18-10-19-51-50-16-7-8-20-52(50)55-53(49)51/h2-35H,1H3. The lowest BCUT2D eigenvalue weighted by Gasteiger charge is -2.27. The number of para-hydroxylation sites is 2. The molecular weight excluding hydrogens is 667 g/mol. The van der Waals surface area contributed by atoms with E-state index in [0.717, 1.165) is 50.1 Å². The summed E-state index contributed by atoms with van der Waals surface area (Å²) in [5.41, 5.74) is 15.8. The molecule has 9 aromatic carbocycles. The predicted octanol–water partition coefficient (Wildman–Crippen LogP) is 15.2. The molecule has 0 saturated carbocycles. The Hall–Kier alpha value is -7.16. The van der Waals surface area contributed by atoms with Crippen LogP contribution in [0.4, 0.5) is 17.1 Å². The molecule has 0 unspecified atom stereocenters. The normalized spacial score (nSPS) is 11.4. The van der Waals surface area contributed by atoms with Crippen molar-refractivity contribution in [1.82, 2.24) is 0 Å². The molecule has 55 heavy (non-hydrogen) atoms. The molecule has 10 rings (SSSR count). The van der Waals surface area contributed by atoms with Gasteiger partial charge in [0.2, 0.25) is 0 Å². The van der Waals surface area contributed by atoms with E-state index >= 15 is 0 Å². The van der Waals surface area contributed by atoms with E-state index in [0.29, 0.717) is 0 Å². The third kappa shape index (κ3) is 5.95. The van der Waals surface area contributed by atoms with Gasteiger partial charge in [-0.15, -0.1) is 0 Å². The highest BCUT2D eigenvalue weighted by Gasteiger charge is 2.17. The third-order valence-electron chi connectivity index (χ3n) is 10.8. The lowest BCUT2D eigenvalue weighted by atomic mass is 9.94. The van der Waals surface area contributed by atoms with Crippen molar-refractivity contribution in [3.05, 3.63) is 212 Å². The number of aryl methyl sites for hydroxylation is 1. The number of hydrogen-bond donors (Lipinski definition) is 0. The molecule has 0 saturated heterocycles. The molecule has 2 heteroatoms. The molecule has 0 aliphatic rings. The van der Waals surface area contributed by atoms with Gasteiger partial charge in [-0.05, 0) is 105 Å². The average molecular weight is 704 g/mol. The van der Waals surface area contributed by atoms with Crippen LogP contribution < -0.4 is 4.90 Å². The minimum Gasteiger partial charge on any atom is -0.455 e. The quantitative estimate of drug-likeness (QED) is 0.164. The van der Waals surface area contributed by atoms with Crippen molar-refractivity contribution < 1.29 is 4.42 Å². The topological polar surface area (TPSA) is 16.4 Å². The van der Waals surface area contributed by atoms with E-state index < -0.39 is 0 Å². The van der Waals surface area contributed by atoms with Gasteiger partial charge >= 0.3 is 0 Å². The third-order valence-corrected chi connectivity index (χ3v) is 10.8. The molecule has 0 amide bonds. The molecule has 2 nitrogen and oxygen atoms in total. The van der Waals surface area contributed by atoms with Crippen molar-refractivity contribution >= 4 is 49.8 Å². The maximum Gasteiger partial charge on any atom is 0.143 e. The Morgan fingerprint density at radius 2 is 0.855 bits per heavy atom. The molecule has 1 heterocycles. The Labute approximate surface area is 321 Å². The first-order valence-corrected chi connectivity index (χ1v) is 18.8. The first-order valence-electron chi connectivity index (χ1n) is 18.8. The maximum absolute atomic E-state index is 6.40. The summed E-state index contributed by atoms with van der Waals surface area (Å²) < 4.78 is 6.40. The number of furan rings is 1. The molecule has 0 radical (unpaired) electrons. The predicted molar refractivity (Wildman–Crippen MR) is 232 cm³/mol. The van der Waals surface area contributed by atoms with Crippen LogP contribution in [0.1, 0.15) is 5.56 Å². The molecule has 0 N–H and O–H groups in total. The van der Waals surface area contributed by atoms with Gasteiger partial charge in [-0.2, -0.15) is 0 Å². The van der Waals surface area contributed by atoms with Gasteiger partial charge in [-0.25, -0.2) is 0 Å². The smallest absolute Gasteiger partial charge is 0.143 e. The Bertz CT molecular complexity index is 2950. The van der Waals surface area contributed by atoms with Crippen LogP contribution in [0.5, 0.6) is 0 Å². The monoisotopic (exact) mass is 703 g/mol. The summed E-state index contributed by atoms with van der Waals surface area (Å²) in [6.07, 6.45) is 0. The maximum atomic E-state index is 6.40. The van der Waals surface area contributed by atoms with Crippen LogP contribution in [0.3, 0.4) is 0 Å². The second-order valence-corrected chi connectivity index (χ2v) is 14.2. The first kappa shape index (κ1) is 32.5. The molecule has 1 aromatic heterocycles. The van der Waals surface area contributed by atoms with E-state index in [4.69, 9.17) is 4.42 Å². The van der Waals surface area contributed by atoms with Gasteiger partial charge in [0.05, 0.1) is 0 Å². The van der Waals surface area contributed by atoms with E-state index in [2.05, 4.69) is 206 Å². The van der Waals surface area contributed by atoms with Crippen molar-refractivity contribution in [3.8, 4) is 44.5 Å². The Morgan fingerprint density at radius 1 is 0.345 bits per heavy atom. The molecular formula is C53H37NO. The van der Waals surface area contributed by atoms with Crippen LogP contribution in [-0.2, 0) is 0 Å². The summed E-state index contributed by atoms with van der Waals surface area (Å²) in [5.74, 6) is 0. The zero-order valence-electron chi connectivity index (χ0n) is 30.5. The van der Waals surface area contributed by atoms with Gasteiger partial charge in [0.25, 0.3) is 0 Å². The van der Waals surface area contributed by atoms with Gasteiger partial charge in [0.1, 0.15) is 11.2 Å². The molecule has 10 aromatic rings. The summed E-state index contributed by atoms with van der Waals surface area (Å²) in [5, 5.41) is 4.81. The van der Waals surface area contributed by atoms with E-state index in [9.17, 15) is 0 Å². The van der Waals surface area contributed by atoms with Crippen LogP contribution in [0.25, 0.3) is 77.2 Å². The summed E-state index contributed by atoms with van der Waals surface area (Å²) in [6, 6.07) is 73.9. The lowest BCUT2D eigenvalue weighted by molar-refractivity contribution is 0.670. The number of benzene rings is 9. The Kier molecular flexibility index (Phi) is 8.08. The zero-order chi connectivity index (χ0) is 36.7. The second kappa shape index (κ2) is 13.7. The number of nitrogens with zero attached hydrogens (tertiary/aromatic N) is 1. The lowest BCUT2D eigenvalue weighted by Crippen LogP contribution is -2.10. The fourth-order valence-corrected chi connectivity index (χ4v) is 8.06. The van der Waals surface area contributed by atoms with Crippen LogP contribution in [0, 0.1) is 6.92 Å². The fourth-order valence-electron chi connectivity index (χ4n) is 8.06. The fraction of sp³-hybridized carbons (Fsp3) is 0.0189. The second-order valence-electron chi connectivity index (χ2n) is 14.2. The molecule has 0 spiro atoms. The SMILES string of the molecule is Cc1cc(N(c2ccc(-c3ccccc3)cc2)c2ccc(-c3cccc4c3oc3ccccc34)cc2)ccc1-c1ccc(-c2cccc3ccccc23)cc1. The van der Waals surface area contributed by atoms with Crippen LogP contribution >= 0.6 is 0 Å². The highest BCUT2D eigenvalue weighted by atomic mass is 16.3. The van der Waals surface area contributed by atoms with Crippen molar-refractivity contribution in [1.29, 1.82) is 0 Å². The van der Waals surface area contributed by atoms with Gasteiger partial charge in [0.15, 0.2) is 0 Å². The Balaban J connectivity index is 1.02. The van der Waals surface area contributed by atoms with Gasteiger partial charge in [0, 0.05) is 33.4 Å². The molecule has 0 aliphatic heterocycles. The minimum absolute atomic E-state index is 0.909. The molecule has 0 bridgehead atoms. The van der Waals surface area contributed by atoms with Crippen molar-refractivity contribution in [2.75, 3.05) is 4.90 Å². The zero-order valence-corrected chi connectivity index (χ0v) is 30.5. The van der Waals surface area contributed by atoms with Gasteiger partial charge in [-0.1, -0.05) is 164 Å². The minimum atomic E-state index is 0.909. The highest BCUT2D eigenvalue weighted by Crippen LogP contribution is 2.41. The van der Waals surface area contributed by atoms with E-state index in [1.807, 2.05) is 12.1 Å². The summed E-state index contributed by atoms with van der Waals surface area (Å²) in [7, 11) is 0. The van der Waals surface area contributed by atoms with E-state index in [1.54, 1.807) is 0 Å². The number of fused-ring (bicyclic) bond motifs is 4. The van der Waals surface area contributed by atoms with E-state index in [1.165, 1.54) is 49.7 Å². The average Bonchev–Trinajstić information content (AvgIpc) is 3.64. The number of anilines is 3. The van der Waals surface area contributed by atoms with Crippen LogP contribution in [0.15, 0.2) is 211 Å². The summed E-state index contributed by atoms with van der Waals surface area (Å²) in [6.45, 7) is 2.21. The van der Waals surface area contributed by atoms with Gasteiger partial charge < -0.3 is 9.32 Å². The molecule has 0 fully saturated rings. The summed E-state index contributed by atoms with van der Waals surface area (Å²) >= 11 is 0. The van der Waals surface area contributed by atoms with Gasteiger partial charge in [-0.3, -0.25) is 0 Å². The van der Waals surface area contributed by atoms with Crippen molar-refractivity contribution in [2.24, 2.45) is 0 Å². The molecule has 0 atom stereocenters. The van der Waals surface area contributed by atoms with Crippen molar-refractivity contribution in [3.63, 3.8) is 0 Å². The largest absolute Gasteiger partial charge is 0.455 e. The Morgan fingerprint density at radius 3 is 1.60 bits per heavy atom. The van der Waals surface area contributed by atoms with Crippen LogP contribution in [-0.4, -0.2) is 0 Å². The highest BCUT2D eigenvalue weighted by molar-refractivity contribution is 6.09. The summed E-state index contributed by atoms with van der Waals surface area (Å²) in [4.78, 5) is 2.35. The first-order chi connectivity index (χ1) is 27.2. The van der Waals surface area contributed by atoms with Crippen LogP contribution in [0.2, 0.25) is 0 Å². The van der Waals surface area contributed by atoms with E-state index in [-0.39, 0.29) is 0 Å². The van der Waals surface area contributed by atoms with Crippen molar-refractivity contribution in [2.45, 2.75) is 6.92 Å².